The third-order valence-corrected chi connectivity index (χ3v) is 4.58. The van der Waals surface area contributed by atoms with E-state index in [4.69, 9.17) is 24.7 Å². The first kappa shape index (κ1) is 20.2. The summed E-state index contributed by atoms with van der Waals surface area (Å²) in [5.74, 6) is 1.98. The molecule has 0 heterocycles. The molecule has 27 heavy (non-hydrogen) atoms. The average molecular weight is 391 g/mol. The quantitative estimate of drug-likeness (QED) is 0.335. The van der Waals surface area contributed by atoms with E-state index >= 15 is 0 Å². The van der Waals surface area contributed by atoms with E-state index in [1.807, 2.05) is 0 Å². The Labute approximate surface area is 159 Å². The highest BCUT2D eigenvalue weighted by Gasteiger charge is 2.12. The molecule has 2 N–H and O–H groups in total. The number of allylic oxidation sites excluding steroid dienone is 1. The Morgan fingerprint density at radius 1 is 0.889 bits per heavy atom. The molecule has 0 aliphatic carbocycles. The summed E-state index contributed by atoms with van der Waals surface area (Å²) < 4.78 is 44.6. The number of nitrogen functional groups attached to an aromatic ring is 1. The lowest BCUT2D eigenvalue weighted by Gasteiger charge is -2.12. The first-order chi connectivity index (χ1) is 12.9. The summed E-state index contributed by atoms with van der Waals surface area (Å²) in [6.45, 7) is 0. The maximum atomic E-state index is 11.8. The predicted octanol–water partition coefficient (Wildman–Crippen LogP) is 2.42. The minimum absolute atomic E-state index is 0.0595. The van der Waals surface area contributed by atoms with E-state index in [1.165, 1.54) is 40.6 Å². The lowest BCUT2D eigenvalue weighted by atomic mass is 10.1. The third-order valence-electron chi connectivity index (χ3n) is 3.85. The highest BCUT2D eigenvalue weighted by molar-refractivity contribution is 7.73. The van der Waals surface area contributed by atoms with E-state index in [-0.39, 0.29) is 4.86 Å². The van der Waals surface area contributed by atoms with Crippen LogP contribution in [0.25, 0.3) is 6.08 Å². The van der Waals surface area contributed by atoms with Crippen molar-refractivity contribution in [3.8, 4) is 23.0 Å². The van der Waals surface area contributed by atoms with Gasteiger partial charge in [0, 0.05) is 12.1 Å². The maximum absolute atomic E-state index is 11.8. The van der Waals surface area contributed by atoms with Gasteiger partial charge in [0.15, 0.2) is 0 Å². The van der Waals surface area contributed by atoms with Crippen LogP contribution >= 0.6 is 0 Å². The molecular formula is C19H21NO6S. The van der Waals surface area contributed by atoms with Gasteiger partial charge >= 0.3 is 0 Å². The van der Waals surface area contributed by atoms with Crippen molar-refractivity contribution < 1.29 is 27.4 Å². The Bertz CT molecular complexity index is 962. The molecule has 0 aliphatic heterocycles. The molecule has 0 aromatic heterocycles. The van der Waals surface area contributed by atoms with Gasteiger partial charge in [-0.3, -0.25) is 0 Å². The molecule has 0 aliphatic rings. The molecule has 0 unspecified atom stereocenters. The molecule has 2 rings (SSSR count). The minimum atomic E-state index is -2.49. The minimum Gasteiger partial charge on any atom is -0.496 e. The van der Waals surface area contributed by atoms with E-state index in [2.05, 4.69) is 0 Å². The van der Waals surface area contributed by atoms with Crippen LogP contribution in [0.4, 0.5) is 5.69 Å². The Morgan fingerprint density at radius 2 is 1.48 bits per heavy atom. The van der Waals surface area contributed by atoms with E-state index < -0.39 is 10.3 Å². The van der Waals surface area contributed by atoms with Crippen molar-refractivity contribution in [2.75, 3.05) is 34.2 Å². The van der Waals surface area contributed by atoms with Crippen molar-refractivity contribution in [2.45, 2.75) is 0 Å². The van der Waals surface area contributed by atoms with Crippen LogP contribution in [0.2, 0.25) is 0 Å². The number of anilines is 1. The van der Waals surface area contributed by atoms with Crippen LogP contribution in [0.15, 0.2) is 36.4 Å². The van der Waals surface area contributed by atoms with Gasteiger partial charge in [0.1, 0.15) is 27.9 Å². The zero-order valence-corrected chi connectivity index (χ0v) is 16.3. The molecular weight excluding hydrogens is 370 g/mol. The molecule has 7 nitrogen and oxygen atoms in total. The third kappa shape index (κ3) is 4.53. The van der Waals surface area contributed by atoms with Crippen molar-refractivity contribution >= 4 is 26.9 Å². The molecule has 0 amide bonds. The number of hydrogen-bond acceptors (Lipinski definition) is 7. The normalized spacial score (nSPS) is 10.5. The molecule has 0 atom stereocenters. The summed E-state index contributed by atoms with van der Waals surface area (Å²) in [5, 5.41) is 0. The number of rotatable bonds is 7. The van der Waals surface area contributed by atoms with Crippen molar-refractivity contribution in [3.05, 3.63) is 47.5 Å². The fourth-order valence-electron chi connectivity index (χ4n) is 2.49. The second-order valence-electron chi connectivity index (χ2n) is 5.33. The van der Waals surface area contributed by atoms with Crippen molar-refractivity contribution in [1.29, 1.82) is 0 Å². The van der Waals surface area contributed by atoms with Crippen LogP contribution in [0.1, 0.15) is 11.1 Å². The Kier molecular flexibility index (Phi) is 6.73. The second kappa shape index (κ2) is 9.00. The summed E-state index contributed by atoms with van der Waals surface area (Å²) in [6.07, 6.45) is 3.06. The van der Waals surface area contributed by atoms with Gasteiger partial charge in [0.25, 0.3) is 0 Å². The zero-order valence-electron chi connectivity index (χ0n) is 15.5. The molecule has 2 aromatic carbocycles. The van der Waals surface area contributed by atoms with E-state index in [9.17, 15) is 8.42 Å². The topological polar surface area (TPSA) is 97.1 Å². The van der Waals surface area contributed by atoms with Crippen molar-refractivity contribution in [3.63, 3.8) is 0 Å². The van der Waals surface area contributed by atoms with Crippen LogP contribution in [-0.4, -0.2) is 41.7 Å². The van der Waals surface area contributed by atoms with Gasteiger partial charge in [-0.2, -0.15) is 8.42 Å². The summed E-state index contributed by atoms with van der Waals surface area (Å²) in [5.41, 5.74) is 7.23. The summed E-state index contributed by atoms with van der Waals surface area (Å²) in [7, 11) is 3.54. The molecule has 8 heteroatoms. The Hall–Kier alpha value is -3.13. The van der Waals surface area contributed by atoms with Gasteiger partial charge < -0.3 is 24.7 Å². The predicted molar refractivity (Wildman–Crippen MR) is 106 cm³/mol. The van der Waals surface area contributed by atoms with E-state index in [0.717, 1.165) is 0 Å². The first-order valence-electron chi connectivity index (χ1n) is 7.83. The van der Waals surface area contributed by atoms with Crippen molar-refractivity contribution in [2.24, 2.45) is 0 Å². The number of hydrogen-bond donors (Lipinski definition) is 1. The van der Waals surface area contributed by atoms with Gasteiger partial charge in [-0.25, -0.2) is 0 Å². The lowest BCUT2D eigenvalue weighted by Crippen LogP contribution is -2.01. The van der Waals surface area contributed by atoms with Crippen LogP contribution in [0.5, 0.6) is 23.0 Å². The molecule has 0 radical (unpaired) electrons. The largest absolute Gasteiger partial charge is 0.496 e. The van der Waals surface area contributed by atoms with E-state index in [0.29, 0.717) is 39.8 Å². The molecule has 0 saturated heterocycles. The van der Waals surface area contributed by atoms with E-state index in [1.54, 1.807) is 30.3 Å². The van der Waals surface area contributed by atoms with Gasteiger partial charge in [-0.05, 0) is 35.9 Å². The summed E-state index contributed by atoms with van der Waals surface area (Å²) >= 11 is 0. The molecule has 0 spiro atoms. The number of nitrogens with two attached hydrogens (primary N) is 1. The molecule has 0 bridgehead atoms. The lowest BCUT2D eigenvalue weighted by molar-refractivity contribution is 0.374. The summed E-state index contributed by atoms with van der Waals surface area (Å²) in [4.78, 5) is 0.0595. The van der Waals surface area contributed by atoms with Crippen LogP contribution in [0, 0.1) is 0 Å². The number of methoxy groups -OCH3 is 4. The smallest absolute Gasteiger partial charge is 0.222 e. The Morgan fingerprint density at radius 3 is 1.93 bits per heavy atom. The van der Waals surface area contributed by atoms with Crippen LogP contribution < -0.4 is 24.7 Å². The van der Waals surface area contributed by atoms with Gasteiger partial charge in [-0.15, -0.1) is 0 Å². The maximum Gasteiger partial charge on any atom is 0.222 e. The molecule has 144 valence electrons. The van der Waals surface area contributed by atoms with Crippen LogP contribution in [0.3, 0.4) is 0 Å². The zero-order chi connectivity index (χ0) is 20.0. The molecule has 0 saturated carbocycles. The van der Waals surface area contributed by atoms with Gasteiger partial charge in [-0.1, -0.05) is 0 Å². The highest BCUT2D eigenvalue weighted by atomic mass is 32.2. The standard InChI is InChI=1S/C19H21NO6S/c1-23-13-10-17(25-3)14(18(11-13)26-4)6-8-19(27(21)22)12-5-7-16(24-2)15(20)9-12/h5-11H,20H2,1-4H3. The average Bonchev–Trinajstić information content (AvgIpc) is 2.67. The SMILES string of the molecule is COc1cc(OC)c(C=CC(c2ccc(OC)c(N)c2)=S(=O)=O)c(OC)c1. The molecule has 0 fully saturated rings. The second-order valence-corrected chi connectivity index (χ2v) is 6.24. The van der Waals surface area contributed by atoms with Gasteiger partial charge in [0.2, 0.25) is 10.3 Å². The molecule has 2 aromatic rings. The van der Waals surface area contributed by atoms with Crippen molar-refractivity contribution in [1.82, 2.24) is 0 Å². The fourth-order valence-corrected chi connectivity index (χ4v) is 2.99. The summed E-state index contributed by atoms with van der Waals surface area (Å²) in [6, 6.07) is 8.13. The number of benzene rings is 2. The fraction of sp³-hybridized carbons (Fsp3) is 0.211. The monoisotopic (exact) mass is 391 g/mol. The Balaban J connectivity index is 2.54. The first-order valence-corrected chi connectivity index (χ1v) is 8.90. The van der Waals surface area contributed by atoms with Gasteiger partial charge in [0.05, 0.1) is 39.7 Å². The highest BCUT2D eigenvalue weighted by Crippen LogP contribution is 2.35. The number of ether oxygens (including phenoxy) is 4. The van der Waals surface area contributed by atoms with Crippen LogP contribution in [-0.2, 0) is 10.3 Å².